The highest BCUT2D eigenvalue weighted by Crippen LogP contribution is 2.18. The van der Waals surface area contributed by atoms with Gasteiger partial charge in [0.05, 0.1) is 5.56 Å². The van der Waals surface area contributed by atoms with E-state index in [1.807, 2.05) is 11.8 Å². The van der Waals surface area contributed by atoms with Gasteiger partial charge in [0, 0.05) is 17.4 Å². The molecule has 1 aliphatic rings. The Kier molecular flexibility index (Phi) is 5.45. The Hall–Kier alpha value is -1.51. The fourth-order valence-corrected chi connectivity index (χ4v) is 3.14. The van der Waals surface area contributed by atoms with E-state index in [2.05, 4.69) is 17.2 Å². The Balaban J connectivity index is 2.16. The molecule has 3 nitrogen and oxygen atoms in total. The third-order valence-electron chi connectivity index (χ3n) is 3.02. The van der Waals surface area contributed by atoms with Crippen molar-refractivity contribution in [1.29, 1.82) is 0 Å². The smallest absolute Gasteiger partial charge is 0.252 e. The lowest BCUT2D eigenvalue weighted by Gasteiger charge is -2.22. The van der Waals surface area contributed by atoms with Crippen molar-refractivity contribution < 1.29 is 14.3 Å². The Morgan fingerprint density at radius 2 is 2.40 bits per heavy atom. The van der Waals surface area contributed by atoms with Crippen molar-refractivity contribution >= 4 is 17.7 Å². The van der Waals surface area contributed by atoms with Gasteiger partial charge in [0.1, 0.15) is 12.4 Å². The standard InChI is InChI=1S/C15H16FNO2S/c16-12-6-5-11(3-1-7-18)14(9-12)15(19)17-13-4-2-8-20-10-13/h5-6,9,13,18H,2,4,7-8,10H2,(H,17,19). The van der Waals surface area contributed by atoms with Gasteiger partial charge in [-0.15, -0.1) is 0 Å². The van der Waals surface area contributed by atoms with Crippen LogP contribution in [0.4, 0.5) is 4.39 Å². The molecule has 2 N–H and O–H groups in total. The number of rotatable bonds is 2. The van der Waals surface area contributed by atoms with Gasteiger partial charge >= 0.3 is 0 Å². The van der Waals surface area contributed by atoms with Crippen LogP contribution in [-0.4, -0.2) is 35.2 Å². The molecule has 0 radical (unpaired) electrons. The van der Waals surface area contributed by atoms with Gasteiger partial charge in [-0.25, -0.2) is 4.39 Å². The second kappa shape index (κ2) is 7.32. The molecule has 0 saturated carbocycles. The summed E-state index contributed by atoms with van der Waals surface area (Å²) >= 11 is 1.81. The predicted octanol–water partition coefficient (Wildman–Crippen LogP) is 1.79. The number of carbonyl (C=O) groups excluding carboxylic acids is 1. The Bertz CT molecular complexity index is 545. The lowest BCUT2D eigenvalue weighted by atomic mass is 10.1. The Morgan fingerprint density at radius 1 is 1.55 bits per heavy atom. The van der Waals surface area contributed by atoms with Gasteiger partial charge in [-0.1, -0.05) is 11.8 Å². The maximum Gasteiger partial charge on any atom is 0.252 e. The number of carbonyl (C=O) groups is 1. The van der Waals surface area contributed by atoms with Crippen molar-refractivity contribution in [3.05, 3.63) is 35.1 Å². The van der Waals surface area contributed by atoms with E-state index in [4.69, 9.17) is 5.11 Å². The van der Waals surface area contributed by atoms with Crippen molar-refractivity contribution in [1.82, 2.24) is 5.32 Å². The molecule has 1 aromatic carbocycles. The Morgan fingerprint density at radius 3 is 3.10 bits per heavy atom. The number of hydrogen-bond donors (Lipinski definition) is 2. The number of thioether (sulfide) groups is 1. The van der Waals surface area contributed by atoms with Gasteiger partial charge in [0.2, 0.25) is 0 Å². The van der Waals surface area contributed by atoms with Crippen LogP contribution in [0.25, 0.3) is 0 Å². The minimum atomic E-state index is -0.470. The highest BCUT2D eigenvalue weighted by atomic mass is 32.2. The van der Waals surface area contributed by atoms with E-state index in [0.29, 0.717) is 5.56 Å². The topological polar surface area (TPSA) is 49.3 Å². The van der Waals surface area contributed by atoms with Gasteiger partial charge < -0.3 is 10.4 Å². The van der Waals surface area contributed by atoms with Gasteiger partial charge in [0.25, 0.3) is 5.91 Å². The first-order chi connectivity index (χ1) is 9.70. The second-order valence-corrected chi connectivity index (χ2v) is 5.69. The third-order valence-corrected chi connectivity index (χ3v) is 4.24. The van der Waals surface area contributed by atoms with Crippen LogP contribution in [-0.2, 0) is 0 Å². The number of nitrogens with one attached hydrogen (secondary N) is 1. The van der Waals surface area contributed by atoms with Crippen LogP contribution in [0.3, 0.4) is 0 Å². The fraction of sp³-hybridized carbons (Fsp3) is 0.400. The number of hydrogen-bond acceptors (Lipinski definition) is 3. The zero-order valence-corrected chi connectivity index (χ0v) is 11.8. The van der Waals surface area contributed by atoms with Gasteiger partial charge in [-0.2, -0.15) is 11.8 Å². The van der Waals surface area contributed by atoms with Crippen molar-refractivity contribution in [3.8, 4) is 11.8 Å². The zero-order chi connectivity index (χ0) is 14.4. The minimum Gasteiger partial charge on any atom is -0.384 e. The first-order valence-electron chi connectivity index (χ1n) is 6.48. The number of benzene rings is 1. The van der Waals surface area contributed by atoms with Crippen molar-refractivity contribution in [2.45, 2.75) is 18.9 Å². The molecule has 0 spiro atoms. The first-order valence-corrected chi connectivity index (χ1v) is 7.64. The quantitative estimate of drug-likeness (QED) is 0.818. The Labute approximate surface area is 122 Å². The molecule has 1 fully saturated rings. The molecule has 1 aromatic rings. The highest BCUT2D eigenvalue weighted by molar-refractivity contribution is 7.99. The highest BCUT2D eigenvalue weighted by Gasteiger charge is 2.18. The lowest BCUT2D eigenvalue weighted by Crippen LogP contribution is -2.38. The zero-order valence-electron chi connectivity index (χ0n) is 11.0. The van der Waals surface area contributed by atoms with E-state index in [9.17, 15) is 9.18 Å². The third kappa shape index (κ3) is 3.99. The molecule has 5 heteroatoms. The molecular weight excluding hydrogens is 277 g/mol. The monoisotopic (exact) mass is 293 g/mol. The molecule has 0 aromatic heterocycles. The van der Waals surface area contributed by atoms with Crippen LogP contribution >= 0.6 is 11.8 Å². The number of halogens is 1. The molecule has 106 valence electrons. The first kappa shape index (κ1) is 14.9. The van der Waals surface area contributed by atoms with Crippen molar-refractivity contribution in [2.24, 2.45) is 0 Å². The molecule has 1 amide bonds. The maximum atomic E-state index is 13.3. The number of aliphatic hydroxyl groups is 1. The summed E-state index contributed by atoms with van der Waals surface area (Å²) < 4.78 is 13.3. The van der Waals surface area contributed by atoms with E-state index in [1.54, 1.807) is 0 Å². The molecular formula is C15H16FNO2S. The summed E-state index contributed by atoms with van der Waals surface area (Å²) in [7, 11) is 0. The summed E-state index contributed by atoms with van der Waals surface area (Å²) in [6.45, 7) is -0.294. The summed E-state index contributed by atoms with van der Waals surface area (Å²) in [5.74, 6) is 6.39. The van der Waals surface area contributed by atoms with Crippen LogP contribution in [0.5, 0.6) is 0 Å². The molecule has 1 heterocycles. The normalized spacial score (nSPS) is 18.0. The molecule has 1 aliphatic heterocycles. The van der Waals surface area contributed by atoms with Crippen molar-refractivity contribution in [3.63, 3.8) is 0 Å². The van der Waals surface area contributed by atoms with Gasteiger partial charge in [-0.05, 0) is 36.8 Å². The summed E-state index contributed by atoms with van der Waals surface area (Å²) in [5, 5.41) is 11.6. The van der Waals surface area contributed by atoms with Crippen molar-refractivity contribution in [2.75, 3.05) is 18.1 Å². The largest absolute Gasteiger partial charge is 0.384 e. The molecule has 1 saturated heterocycles. The van der Waals surface area contributed by atoms with Crippen LogP contribution in [0.1, 0.15) is 28.8 Å². The van der Waals surface area contributed by atoms with Gasteiger partial charge in [-0.3, -0.25) is 4.79 Å². The molecule has 1 unspecified atom stereocenters. The van der Waals surface area contributed by atoms with E-state index < -0.39 is 5.82 Å². The molecule has 0 aliphatic carbocycles. The molecule has 0 bridgehead atoms. The van der Waals surface area contributed by atoms with E-state index in [-0.39, 0.29) is 24.1 Å². The molecule has 1 atom stereocenters. The predicted molar refractivity (Wildman–Crippen MR) is 78.2 cm³/mol. The summed E-state index contributed by atoms with van der Waals surface area (Å²) in [4.78, 5) is 12.2. The number of amides is 1. The summed E-state index contributed by atoms with van der Waals surface area (Å²) in [5.41, 5.74) is 0.655. The second-order valence-electron chi connectivity index (χ2n) is 4.54. The lowest BCUT2D eigenvalue weighted by molar-refractivity contribution is 0.0938. The van der Waals surface area contributed by atoms with Gasteiger partial charge in [0.15, 0.2) is 0 Å². The van der Waals surface area contributed by atoms with Crippen LogP contribution in [0, 0.1) is 17.7 Å². The molecule has 2 rings (SSSR count). The van der Waals surface area contributed by atoms with E-state index in [1.165, 1.54) is 18.2 Å². The fourth-order valence-electron chi connectivity index (χ4n) is 2.07. The van der Waals surface area contributed by atoms with E-state index >= 15 is 0 Å². The number of aliphatic hydroxyl groups excluding tert-OH is 1. The van der Waals surface area contributed by atoms with Crippen LogP contribution < -0.4 is 5.32 Å². The maximum absolute atomic E-state index is 13.3. The SMILES string of the molecule is O=C(NC1CCCSC1)c1cc(F)ccc1C#CCO. The van der Waals surface area contributed by atoms with E-state index in [0.717, 1.165) is 24.3 Å². The van der Waals surface area contributed by atoms with Crippen LogP contribution in [0.2, 0.25) is 0 Å². The minimum absolute atomic E-state index is 0.128. The average Bonchev–Trinajstić information content (AvgIpc) is 2.47. The summed E-state index contributed by atoms with van der Waals surface area (Å²) in [6, 6.07) is 4.03. The van der Waals surface area contributed by atoms with Crippen LogP contribution in [0.15, 0.2) is 18.2 Å². The average molecular weight is 293 g/mol. The summed E-state index contributed by atoms with van der Waals surface area (Å²) in [6.07, 6.45) is 2.03. The molecule has 20 heavy (non-hydrogen) atoms.